The number of hydrogen-bond acceptors (Lipinski definition) is 4. The molecule has 1 aromatic carbocycles. The minimum absolute atomic E-state index is 0.160. The van der Waals surface area contributed by atoms with E-state index in [4.69, 9.17) is 10.5 Å². The molecule has 0 radical (unpaired) electrons. The van der Waals surface area contributed by atoms with Crippen LogP contribution in [0.5, 0.6) is 5.75 Å². The first-order valence-corrected chi connectivity index (χ1v) is 5.71. The van der Waals surface area contributed by atoms with Gasteiger partial charge >= 0.3 is 5.69 Å². The molecule has 6 heteroatoms. The van der Waals surface area contributed by atoms with Crippen molar-refractivity contribution in [3.63, 3.8) is 0 Å². The van der Waals surface area contributed by atoms with Gasteiger partial charge in [-0.15, -0.1) is 0 Å². The maximum Gasteiger partial charge on any atom is 0.331 e. The quantitative estimate of drug-likeness (QED) is 0.800. The summed E-state index contributed by atoms with van der Waals surface area (Å²) < 4.78 is 7.61. The maximum absolute atomic E-state index is 11.9. The van der Waals surface area contributed by atoms with E-state index in [1.54, 1.807) is 25.2 Å². The summed E-state index contributed by atoms with van der Waals surface area (Å²) in [5.74, 6) is 0.593. The van der Waals surface area contributed by atoms with Crippen molar-refractivity contribution in [1.82, 2.24) is 9.13 Å². The van der Waals surface area contributed by atoms with Gasteiger partial charge in [-0.1, -0.05) is 0 Å². The van der Waals surface area contributed by atoms with Crippen LogP contribution in [0.1, 0.15) is 5.56 Å². The molecule has 0 saturated carbocycles. The summed E-state index contributed by atoms with van der Waals surface area (Å²) in [7, 11) is 3.13. The molecule has 0 aliphatic carbocycles. The Kier molecular flexibility index (Phi) is 3.41. The Morgan fingerprint density at radius 3 is 2.68 bits per heavy atom. The van der Waals surface area contributed by atoms with Gasteiger partial charge in [-0.3, -0.25) is 9.36 Å². The van der Waals surface area contributed by atoms with Gasteiger partial charge in [0.2, 0.25) is 0 Å². The smallest absolute Gasteiger partial charge is 0.331 e. The number of nitrogen functional groups attached to an aromatic ring is 1. The molecular formula is C13H15N3O3. The molecule has 19 heavy (non-hydrogen) atoms. The van der Waals surface area contributed by atoms with Gasteiger partial charge in [-0.2, -0.15) is 0 Å². The van der Waals surface area contributed by atoms with Gasteiger partial charge in [0.15, 0.2) is 0 Å². The van der Waals surface area contributed by atoms with E-state index in [-0.39, 0.29) is 17.8 Å². The standard InChI is InChI=1S/C13H15N3O3/c1-15-4-3-12(17)16(13(15)18)8-9-5-10(14)7-11(6-9)19-2/h3-7H,8,14H2,1-2H3. The highest BCUT2D eigenvalue weighted by atomic mass is 16.5. The van der Waals surface area contributed by atoms with Crippen LogP contribution in [0.25, 0.3) is 0 Å². The minimum atomic E-state index is -0.367. The Labute approximate surface area is 109 Å². The van der Waals surface area contributed by atoms with Crippen LogP contribution in [0.4, 0.5) is 5.69 Å². The third kappa shape index (κ3) is 2.67. The fourth-order valence-corrected chi connectivity index (χ4v) is 1.84. The van der Waals surface area contributed by atoms with Crippen molar-refractivity contribution < 1.29 is 4.74 Å². The van der Waals surface area contributed by atoms with Crippen molar-refractivity contribution in [2.24, 2.45) is 7.05 Å². The van der Waals surface area contributed by atoms with Crippen molar-refractivity contribution >= 4 is 5.69 Å². The molecule has 1 heterocycles. The third-order valence-corrected chi connectivity index (χ3v) is 2.80. The number of benzene rings is 1. The molecule has 0 atom stereocenters. The van der Waals surface area contributed by atoms with Gasteiger partial charge < -0.3 is 15.0 Å². The normalized spacial score (nSPS) is 10.4. The van der Waals surface area contributed by atoms with Gasteiger partial charge in [-0.05, 0) is 17.7 Å². The van der Waals surface area contributed by atoms with E-state index < -0.39 is 0 Å². The zero-order valence-electron chi connectivity index (χ0n) is 10.8. The van der Waals surface area contributed by atoms with Crippen LogP contribution in [-0.2, 0) is 13.6 Å². The predicted octanol–water partition coefficient (Wildman–Crippen LogP) is 0.186. The maximum atomic E-state index is 11.9. The van der Waals surface area contributed by atoms with Crippen molar-refractivity contribution in [3.05, 3.63) is 56.9 Å². The highest BCUT2D eigenvalue weighted by Gasteiger charge is 2.06. The first-order chi connectivity index (χ1) is 9.01. The first kappa shape index (κ1) is 12.9. The second kappa shape index (κ2) is 5.01. The van der Waals surface area contributed by atoms with Gasteiger partial charge in [0.1, 0.15) is 5.75 Å². The summed E-state index contributed by atoms with van der Waals surface area (Å²) in [5.41, 5.74) is 6.30. The number of nitrogens with zero attached hydrogens (tertiary/aromatic N) is 2. The van der Waals surface area contributed by atoms with Crippen LogP contribution in [0.3, 0.4) is 0 Å². The number of nitrogens with two attached hydrogens (primary N) is 1. The molecule has 2 N–H and O–H groups in total. The van der Waals surface area contributed by atoms with Crippen molar-refractivity contribution in [3.8, 4) is 5.75 Å². The number of rotatable bonds is 3. The van der Waals surface area contributed by atoms with E-state index in [1.165, 1.54) is 23.9 Å². The Balaban J connectivity index is 2.47. The van der Waals surface area contributed by atoms with Crippen LogP contribution in [0, 0.1) is 0 Å². The van der Waals surface area contributed by atoms with Crippen molar-refractivity contribution in [2.75, 3.05) is 12.8 Å². The second-order valence-corrected chi connectivity index (χ2v) is 4.25. The summed E-state index contributed by atoms with van der Waals surface area (Å²) in [6.45, 7) is 0.160. The van der Waals surface area contributed by atoms with E-state index in [1.807, 2.05) is 0 Å². The number of aromatic nitrogens is 2. The Morgan fingerprint density at radius 1 is 1.26 bits per heavy atom. The topological polar surface area (TPSA) is 79.2 Å². The summed E-state index contributed by atoms with van der Waals surface area (Å²) >= 11 is 0. The zero-order valence-corrected chi connectivity index (χ0v) is 10.8. The lowest BCUT2D eigenvalue weighted by molar-refractivity contribution is 0.414. The predicted molar refractivity (Wildman–Crippen MR) is 72.5 cm³/mol. The SMILES string of the molecule is COc1cc(N)cc(Cn2c(=O)ccn(C)c2=O)c1. The fourth-order valence-electron chi connectivity index (χ4n) is 1.84. The second-order valence-electron chi connectivity index (χ2n) is 4.25. The van der Waals surface area contributed by atoms with E-state index in [2.05, 4.69) is 0 Å². The Hall–Kier alpha value is -2.50. The molecule has 6 nitrogen and oxygen atoms in total. The molecule has 2 aromatic rings. The van der Waals surface area contributed by atoms with Crippen LogP contribution in [0.15, 0.2) is 40.1 Å². The lowest BCUT2D eigenvalue weighted by Gasteiger charge is -2.09. The molecule has 0 saturated heterocycles. The van der Waals surface area contributed by atoms with Crippen LogP contribution >= 0.6 is 0 Å². The van der Waals surface area contributed by atoms with E-state index in [0.29, 0.717) is 11.4 Å². The first-order valence-electron chi connectivity index (χ1n) is 5.71. The molecule has 100 valence electrons. The molecule has 1 aromatic heterocycles. The summed E-state index contributed by atoms with van der Waals surface area (Å²) in [6, 6.07) is 6.48. The number of hydrogen-bond donors (Lipinski definition) is 1. The number of methoxy groups -OCH3 is 1. The Morgan fingerprint density at radius 2 is 2.00 bits per heavy atom. The highest BCUT2D eigenvalue weighted by Crippen LogP contribution is 2.18. The largest absolute Gasteiger partial charge is 0.497 e. The molecule has 0 unspecified atom stereocenters. The average Bonchev–Trinajstić information content (AvgIpc) is 2.38. The number of anilines is 1. The molecule has 0 spiro atoms. The van der Waals surface area contributed by atoms with Gasteiger partial charge in [0.05, 0.1) is 13.7 Å². The van der Waals surface area contributed by atoms with E-state index in [9.17, 15) is 9.59 Å². The molecule has 0 bridgehead atoms. The summed E-state index contributed by atoms with van der Waals surface area (Å²) in [6.07, 6.45) is 1.45. The lowest BCUT2D eigenvalue weighted by Crippen LogP contribution is -2.38. The van der Waals surface area contributed by atoms with E-state index in [0.717, 1.165) is 10.1 Å². The average molecular weight is 261 g/mol. The molecule has 0 aliphatic heterocycles. The van der Waals surface area contributed by atoms with Gasteiger partial charge in [-0.25, -0.2) is 4.79 Å². The molecule has 0 fully saturated rings. The van der Waals surface area contributed by atoms with E-state index >= 15 is 0 Å². The van der Waals surface area contributed by atoms with Crippen molar-refractivity contribution in [1.29, 1.82) is 0 Å². The summed E-state index contributed by atoms with van der Waals surface area (Å²) in [5, 5.41) is 0. The monoisotopic (exact) mass is 261 g/mol. The van der Waals surface area contributed by atoms with Crippen molar-refractivity contribution in [2.45, 2.75) is 6.54 Å². The molecule has 2 rings (SSSR count). The fraction of sp³-hybridized carbons (Fsp3) is 0.231. The zero-order chi connectivity index (χ0) is 14.0. The molecule has 0 aliphatic rings. The lowest BCUT2D eigenvalue weighted by atomic mass is 10.2. The molecule has 0 amide bonds. The van der Waals surface area contributed by atoms with Crippen LogP contribution in [-0.4, -0.2) is 16.2 Å². The number of ether oxygens (including phenoxy) is 1. The molecular weight excluding hydrogens is 246 g/mol. The van der Waals surface area contributed by atoms with Gasteiger partial charge in [0, 0.05) is 31.1 Å². The third-order valence-electron chi connectivity index (χ3n) is 2.80. The highest BCUT2D eigenvalue weighted by molar-refractivity contribution is 5.47. The van der Waals surface area contributed by atoms with Crippen LogP contribution < -0.4 is 21.7 Å². The number of aryl methyl sites for hydroxylation is 1. The van der Waals surface area contributed by atoms with Gasteiger partial charge in [0.25, 0.3) is 5.56 Å². The Bertz CT molecular complexity index is 716. The van der Waals surface area contributed by atoms with Crippen LogP contribution in [0.2, 0.25) is 0 Å². The summed E-state index contributed by atoms with van der Waals surface area (Å²) in [4.78, 5) is 23.6. The minimum Gasteiger partial charge on any atom is -0.497 e.